The fourth-order valence-corrected chi connectivity index (χ4v) is 3.92. The lowest BCUT2D eigenvalue weighted by atomic mass is 10.1. The molecule has 1 atom stereocenters. The second-order valence-corrected chi connectivity index (χ2v) is 9.51. The topological polar surface area (TPSA) is 92.1 Å². The van der Waals surface area contributed by atoms with Gasteiger partial charge in [-0.15, -0.1) is 0 Å². The molecule has 0 unspecified atom stereocenters. The van der Waals surface area contributed by atoms with Crippen LogP contribution in [0.2, 0.25) is 0 Å². The highest BCUT2D eigenvalue weighted by atomic mass is 19.1. The van der Waals surface area contributed by atoms with Gasteiger partial charge in [-0.05, 0) is 52.8 Å². The number of anilines is 2. The van der Waals surface area contributed by atoms with Crippen LogP contribution in [0.1, 0.15) is 43.7 Å². The van der Waals surface area contributed by atoms with Gasteiger partial charge >= 0.3 is 6.09 Å². The largest absolute Gasteiger partial charge is 0.444 e. The number of aromatic nitrogens is 3. The maximum Gasteiger partial charge on any atom is 0.410 e. The molecule has 0 aromatic carbocycles. The van der Waals surface area contributed by atoms with E-state index >= 15 is 0 Å². The average molecular weight is 469 g/mol. The summed E-state index contributed by atoms with van der Waals surface area (Å²) in [4.78, 5) is 37.4. The summed E-state index contributed by atoms with van der Waals surface area (Å²) < 4.78 is 21.3. The summed E-state index contributed by atoms with van der Waals surface area (Å²) in [6, 6.07) is 4.70. The summed E-state index contributed by atoms with van der Waals surface area (Å²) >= 11 is 0. The highest BCUT2D eigenvalue weighted by molar-refractivity contribution is 6.03. The van der Waals surface area contributed by atoms with Crippen LogP contribution in [-0.4, -0.2) is 62.5 Å². The number of hydrogen-bond acceptors (Lipinski definition) is 6. The predicted octanol–water partition coefficient (Wildman–Crippen LogP) is 3.87. The number of imidazole rings is 1. The van der Waals surface area contributed by atoms with Gasteiger partial charge in [-0.1, -0.05) is 0 Å². The Labute approximate surface area is 197 Å². The third kappa shape index (κ3) is 5.11. The molecule has 10 heteroatoms. The molecule has 3 aromatic rings. The van der Waals surface area contributed by atoms with Gasteiger partial charge < -0.3 is 24.3 Å². The van der Waals surface area contributed by atoms with Gasteiger partial charge in [-0.25, -0.2) is 19.2 Å². The SMILES string of the molecule is Cc1cn2cc(C(=O)Nc3ccc(N4CCN(C(=O)OC(C)(C)C)[C@@H](C)C4)cn3)cc(F)c2n1. The van der Waals surface area contributed by atoms with Gasteiger partial charge in [0, 0.05) is 38.1 Å². The fraction of sp³-hybridized carbons (Fsp3) is 0.417. The lowest BCUT2D eigenvalue weighted by molar-refractivity contribution is 0.0159. The number of nitrogens with one attached hydrogen (secondary N) is 1. The number of carbonyl (C=O) groups excluding carboxylic acids is 2. The van der Waals surface area contributed by atoms with Gasteiger partial charge in [0.2, 0.25) is 0 Å². The minimum atomic E-state index is -0.566. The van der Waals surface area contributed by atoms with Gasteiger partial charge in [0.25, 0.3) is 5.91 Å². The molecule has 34 heavy (non-hydrogen) atoms. The number of ether oxygens (including phenoxy) is 1. The molecule has 0 saturated carbocycles. The van der Waals surface area contributed by atoms with Crippen LogP contribution in [0.5, 0.6) is 0 Å². The van der Waals surface area contributed by atoms with Gasteiger partial charge in [-0.2, -0.15) is 0 Å². The fourth-order valence-electron chi connectivity index (χ4n) is 3.92. The van der Waals surface area contributed by atoms with Crippen molar-refractivity contribution in [3.8, 4) is 0 Å². The monoisotopic (exact) mass is 468 g/mol. The molecule has 0 aliphatic carbocycles. The lowest BCUT2D eigenvalue weighted by Gasteiger charge is -2.41. The quantitative estimate of drug-likeness (QED) is 0.627. The third-order valence-corrected chi connectivity index (χ3v) is 5.50. The first-order valence-electron chi connectivity index (χ1n) is 11.2. The van der Waals surface area contributed by atoms with Gasteiger partial charge in [-0.3, -0.25) is 4.79 Å². The number of halogens is 1. The van der Waals surface area contributed by atoms with Crippen molar-refractivity contribution in [2.75, 3.05) is 29.9 Å². The zero-order chi connectivity index (χ0) is 24.6. The Morgan fingerprint density at radius 3 is 2.62 bits per heavy atom. The van der Waals surface area contributed by atoms with Gasteiger partial charge in [0.1, 0.15) is 11.4 Å². The van der Waals surface area contributed by atoms with Crippen LogP contribution < -0.4 is 10.2 Å². The number of nitrogens with zero attached hydrogens (tertiary/aromatic N) is 5. The van der Waals surface area contributed by atoms with E-state index in [0.717, 1.165) is 11.8 Å². The zero-order valence-corrected chi connectivity index (χ0v) is 20.0. The highest BCUT2D eigenvalue weighted by Gasteiger charge is 2.31. The molecule has 4 heterocycles. The molecule has 0 radical (unpaired) electrons. The molecule has 1 fully saturated rings. The van der Waals surface area contributed by atoms with Crippen molar-refractivity contribution < 1.29 is 18.7 Å². The molecule has 0 bridgehead atoms. The number of pyridine rings is 2. The molecule has 1 aliphatic rings. The van der Waals surface area contributed by atoms with Crippen LogP contribution in [0.4, 0.5) is 20.7 Å². The van der Waals surface area contributed by atoms with Crippen molar-refractivity contribution in [1.29, 1.82) is 0 Å². The van der Waals surface area contributed by atoms with Crippen LogP contribution in [0.15, 0.2) is 36.8 Å². The molecule has 2 amide bonds. The van der Waals surface area contributed by atoms with Crippen molar-refractivity contribution in [1.82, 2.24) is 19.3 Å². The smallest absolute Gasteiger partial charge is 0.410 e. The van der Waals surface area contributed by atoms with Crippen LogP contribution in [0.3, 0.4) is 0 Å². The summed E-state index contributed by atoms with van der Waals surface area (Å²) in [5.41, 5.74) is 1.36. The number of amides is 2. The van der Waals surface area contributed by atoms with Crippen molar-refractivity contribution >= 4 is 29.2 Å². The average Bonchev–Trinajstić information content (AvgIpc) is 3.13. The molecular weight excluding hydrogens is 439 g/mol. The molecule has 3 aromatic heterocycles. The van der Waals surface area contributed by atoms with Crippen LogP contribution in [-0.2, 0) is 4.74 Å². The number of hydrogen-bond donors (Lipinski definition) is 1. The molecule has 0 spiro atoms. The Bertz CT molecular complexity index is 1220. The van der Waals surface area contributed by atoms with Gasteiger partial charge in [0.05, 0.1) is 23.1 Å². The Morgan fingerprint density at radius 2 is 1.97 bits per heavy atom. The molecule has 1 saturated heterocycles. The van der Waals surface area contributed by atoms with Crippen molar-refractivity contribution in [3.05, 3.63) is 53.9 Å². The number of carbonyl (C=O) groups is 2. The first-order chi connectivity index (χ1) is 16.0. The van der Waals surface area contributed by atoms with E-state index in [9.17, 15) is 14.0 Å². The summed E-state index contributed by atoms with van der Waals surface area (Å²) in [6.45, 7) is 11.1. The van der Waals surface area contributed by atoms with E-state index in [1.165, 1.54) is 10.6 Å². The van der Waals surface area contributed by atoms with Crippen molar-refractivity contribution in [2.24, 2.45) is 0 Å². The Kier molecular flexibility index (Phi) is 6.16. The Hall–Kier alpha value is -3.69. The minimum Gasteiger partial charge on any atom is -0.444 e. The Morgan fingerprint density at radius 1 is 1.21 bits per heavy atom. The van der Waals surface area contributed by atoms with Crippen LogP contribution >= 0.6 is 0 Å². The number of aryl methyl sites for hydroxylation is 1. The molecule has 9 nitrogen and oxygen atoms in total. The normalized spacial score (nSPS) is 16.6. The lowest BCUT2D eigenvalue weighted by Crippen LogP contribution is -2.55. The first-order valence-corrected chi connectivity index (χ1v) is 11.2. The standard InChI is InChI=1S/C24H29FN6O3/c1-15-12-30-14-17(10-19(25)21(30)27-15)22(32)28-20-7-6-18(11-26-20)29-8-9-31(16(2)13-29)23(33)34-24(3,4)5/h6-7,10-12,14,16H,8-9,13H2,1-5H3,(H,26,28,32)/t16-/m0/s1. The zero-order valence-electron chi connectivity index (χ0n) is 20.0. The van der Waals surface area contributed by atoms with E-state index < -0.39 is 17.3 Å². The van der Waals surface area contributed by atoms with E-state index in [1.54, 1.807) is 30.3 Å². The second-order valence-electron chi connectivity index (χ2n) is 9.51. The van der Waals surface area contributed by atoms with E-state index in [-0.39, 0.29) is 23.3 Å². The molecular formula is C24H29FN6O3. The Balaban J connectivity index is 1.39. The highest BCUT2D eigenvalue weighted by Crippen LogP contribution is 2.22. The third-order valence-electron chi connectivity index (χ3n) is 5.50. The van der Waals surface area contributed by atoms with Crippen LogP contribution in [0, 0.1) is 12.7 Å². The van der Waals surface area contributed by atoms with E-state index in [2.05, 4.69) is 20.2 Å². The van der Waals surface area contributed by atoms with E-state index in [0.29, 0.717) is 31.1 Å². The molecule has 180 valence electrons. The maximum atomic E-state index is 14.3. The predicted molar refractivity (Wildman–Crippen MR) is 127 cm³/mol. The van der Waals surface area contributed by atoms with E-state index in [1.807, 2.05) is 33.8 Å². The minimum absolute atomic E-state index is 0.0281. The van der Waals surface area contributed by atoms with Crippen molar-refractivity contribution in [2.45, 2.75) is 46.3 Å². The summed E-state index contributed by atoms with van der Waals surface area (Å²) in [6.07, 6.45) is 4.56. The second kappa shape index (κ2) is 8.92. The number of fused-ring (bicyclic) bond motifs is 1. The maximum absolute atomic E-state index is 14.3. The molecule has 4 rings (SSSR count). The number of rotatable bonds is 3. The van der Waals surface area contributed by atoms with Gasteiger partial charge in [0.15, 0.2) is 11.5 Å². The number of piperazine rings is 1. The first kappa shape index (κ1) is 23.5. The molecule has 1 aliphatic heterocycles. The summed E-state index contributed by atoms with van der Waals surface area (Å²) in [5, 5.41) is 2.70. The molecule has 1 N–H and O–H groups in total. The van der Waals surface area contributed by atoms with Crippen molar-refractivity contribution in [3.63, 3.8) is 0 Å². The van der Waals surface area contributed by atoms with E-state index in [4.69, 9.17) is 4.74 Å². The summed E-state index contributed by atoms with van der Waals surface area (Å²) in [5.74, 6) is -0.674. The summed E-state index contributed by atoms with van der Waals surface area (Å²) in [7, 11) is 0. The van der Waals surface area contributed by atoms with Crippen LogP contribution in [0.25, 0.3) is 5.65 Å².